The molecule has 2 heterocycles. The molecule has 0 radical (unpaired) electrons. The topological polar surface area (TPSA) is 38.5 Å². The fourth-order valence-electron chi connectivity index (χ4n) is 2.75. The van der Waals surface area contributed by atoms with Crippen molar-refractivity contribution in [2.24, 2.45) is 5.73 Å². The van der Waals surface area contributed by atoms with Crippen LogP contribution in [0.1, 0.15) is 12.0 Å². The number of benzene rings is 1. The number of rotatable bonds is 2. The van der Waals surface area contributed by atoms with Crippen molar-refractivity contribution in [3.05, 3.63) is 29.8 Å². The van der Waals surface area contributed by atoms with Crippen molar-refractivity contribution in [3.63, 3.8) is 0 Å². The second-order valence-corrected chi connectivity index (χ2v) is 4.81. The molecule has 1 saturated heterocycles. The molecule has 0 bridgehead atoms. The average molecular weight is 218 g/mol. The molecule has 0 saturated carbocycles. The number of hydrogen-bond donors (Lipinski definition) is 1. The lowest BCUT2D eigenvalue weighted by Gasteiger charge is -2.52. The van der Waals surface area contributed by atoms with E-state index in [0.717, 1.165) is 19.8 Å². The van der Waals surface area contributed by atoms with E-state index in [-0.39, 0.29) is 5.54 Å². The molecule has 1 aromatic rings. The quantitative estimate of drug-likeness (QED) is 0.809. The molecule has 86 valence electrons. The highest BCUT2D eigenvalue weighted by Gasteiger charge is 2.44. The van der Waals surface area contributed by atoms with Gasteiger partial charge in [0.05, 0.1) is 18.8 Å². The van der Waals surface area contributed by atoms with Crippen molar-refractivity contribution in [1.29, 1.82) is 0 Å². The molecular formula is C13H18N2O. The zero-order chi connectivity index (χ0) is 11.0. The van der Waals surface area contributed by atoms with Gasteiger partial charge in [0.15, 0.2) is 0 Å². The Bertz CT molecular complexity index is 382. The van der Waals surface area contributed by atoms with Crippen molar-refractivity contribution in [3.8, 4) is 0 Å². The van der Waals surface area contributed by atoms with Crippen LogP contribution in [0.25, 0.3) is 0 Å². The Balaban J connectivity index is 1.98. The summed E-state index contributed by atoms with van der Waals surface area (Å²) in [7, 11) is 0. The minimum Gasteiger partial charge on any atom is -0.376 e. The summed E-state index contributed by atoms with van der Waals surface area (Å²) >= 11 is 0. The van der Waals surface area contributed by atoms with Gasteiger partial charge < -0.3 is 15.4 Å². The predicted molar refractivity (Wildman–Crippen MR) is 64.7 cm³/mol. The maximum atomic E-state index is 5.94. The van der Waals surface area contributed by atoms with E-state index in [1.165, 1.54) is 24.1 Å². The lowest BCUT2D eigenvalue weighted by molar-refractivity contribution is -0.0532. The number of nitrogens with two attached hydrogens (primary N) is 1. The van der Waals surface area contributed by atoms with E-state index < -0.39 is 0 Å². The molecule has 2 aliphatic rings. The first-order chi connectivity index (χ1) is 7.86. The van der Waals surface area contributed by atoms with Gasteiger partial charge in [0.1, 0.15) is 0 Å². The lowest BCUT2D eigenvalue weighted by Crippen LogP contribution is -2.67. The van der Waals surface area contributed by atoms with E-state index >= 15 is 0 Å². The SMILES string of the molecule is NCC1(N2CCCc3ccccc32)COC1. The van der Waals surface area contributed by atoms with Gasteiger partial charge in [0.25, 0.3) is 0 Å². The molecule has 3 nitrogen and oxygen atoms in total. The van der Waals surface area contributed by atoms with Gasteiger partial charge in [-0.2, -0.15) is 0 Å². The van der Waals surface area contributed by atoms with Gasteiger partial charge in [-0.25, -0.2) is 0 Å². The fourth-order valence-corrected chi connectivity index (χ4v) is 2.75. The van der Waals surface area contributed by atoms with Gasteiger partial charge in [-0.15, -0.1) is 0 Å². The van der Waals surface area contributed by atoms with Crippen molar-refractivity contribution < 1.29 is 4.74 Å². The number of anilines is 1. The molecule has 1 fully saturated rings. The van der Waals surface area contributed by atoms with Gasteiger partial charge in [0.2, 0.25) is 0 Å². The highest BCUT2D eigenvalue weighted by molar-refractivity contribution is 5.58. The highest BCUT2D eigenvalue weighted by Crippen LogP contribution is 2.35. The van der Waals surface area contributed by atoms with Crippen LogP contribution in [0.5, 0.6) is 0 Å². The molecule has 0 unspecified atom stereocenters. The predicted octanol–water partition coefficient (Wildman–Crippen LogP) is 1.17. The molecular weight excluding hydrogens is 200 g/mol. The summed E-state index contributed by atoms with van der Waals surface area (Å²) in [5.41, 5.74) is 8.82. The van der Waals surface area contributed by atoms with Gasteiger partial charge in [-0.1, -0.05) is 18.2 Å². The Morgan fingerprint density at radius 1 is 1.31 bits per heavy atom. The van der Waals surface area contributed by atoms with Gasteiger partial charge in [-0.3, -0.25) is 0 Å². The van der Waals surface area contributed by atoms with Crippen molar-refractivity contribution in [2.45, 2.75) is 18.4 Å². The monoisotopic (exact) mass is 218 g/mol. The third-order valence-electron chi connectivity index (χ3n) is 3.80. The molecule has 0 atom stereocenters. The Labute approximate surface area is 96.2 Å². The molecule has 0 aliphatic carbocycles. The highest BCUT2D eigenvalue weighted by atomic mass is 16.5. The van der Waals surface area contributed by atoms with Crippen LogP contribution in [0.3, 0.4) is 0 Å². The number of ether oxygens (including phenoxy) is 1. The first-order valence-electron chi connectivity index (χ1n) is 5.99. The normalized spacial score (nSPS) is 22.4. The summed E-state index contributed by atoms with van der Waals surface area (Å²) in [6, 6.07) is 8.67. The van der Waals surface area contributed by atoms with Gasteiger partial charge in [-0.05, 0) is 24.5 Å². The molecule has 0 aromatic heterocycles. The fraction of sp³-hybridized carbons (Fsp3) is 0.538. The van der Waals surface area contributed by atoms with Crippen LogP contribution in [0.4, 0.5) is 5.69 Å². The van der Waals surface area contributed by atoms with Crippen LogP contribution in [0.15, 0.2) is 24.3 Å². The minimum atomic E-state index is 0.0660. The molecule has 1 aromatic carbocycles. The number of hydrogen-bond acceptors (Lipinski definition) is 3. The van der Waals surface area contributed by atoms with E-state index in [4.69, 9.17) is 10.5 Å². The van der Waals surface area contributed by atoms with Gasteiger partial charge >= 0.3 is 0 Å². The zero-order valence-electron chi connectivity index (χ0n) is 9.48. The standard InChI is InChI=1S/C13H18N2O/c14-8-13(9-16-10-13)15-7-3-5-11-4-1-2-6-12(11)15/h1-2,4,6H,3,5,7-10,14H2. The van der Waals surface area contributed by atoms with Crippen LogP contribution < -0.4 is 10.6 Å². The zero-order valence-corrected chi connectivity index (χ0v) is 9.48. The largest absolute Gasteiger partial charge is 0.376 e. The van der Waals surface area contributed by atoms with Gasteiger partial charge in [0, 0.05) is 18.8 Å². The number of nitrogens with zero attached hydrogens (tertiary/aromatic N) is 1. The second-order valence-electron chi connectivity index (χ2n) is 4.81. The maximum absolute atomic E-state index is 5.94. The van der Waals surface area contributed by atoms with E-state index in [1.54, 1.807) is 0 Å². The van der Waals surface area contributed by atoms with Crippen LogP contribution in [0.2, 0.25) is 0 Å². The van der Waals surface area contributed by atoms with E-state index in [1.807, 2.05) is 0 Å². The first kappa shape index (κ1) is 10.1. The summed E-state index contributed by atoms with van der Waals surface area (Å²) in [5, 5.41) is 0. The van der Waals surface area contributed by atoms with Crippen molar-refractivity contribution >= 4 is 5.69 Å². The molecule has 2 N–H and O–H groups in total. The molecule has 16 heavy (non-hydrogen) atoms. The van der Waals surface area contributed by atoms with Crippen LogP contribution >= 0.6 is 0 Å². The Kier molecular flexibility index (Phi) is 2.37. The maximum Gasteiger partial charge on any atom is 0.0988 e. The number of aryl methyl sites for hydroxylation is 1. The van der Waals surface area contributed by atoms with Crippen LogP contribution in [-0.2, 0) is 11.2 Å². The summed E-state index contributed by atoms with van der Waals surface area (Å²) in [6.45, 7) is 3.34. The molecule has 2 aliphatic heterocycles. The Morgan fingerprint density at radius 2 is 2.12 bits per heavy atom. The molecule has 0 spiro atoms. The summed E-state index contributed by atoms with van der Waals surface area (Å²) in [6.07, 6.45) is 2.41. The van der Waals surface area contributed by atoms with E-state index in [2.05, 4.69) is 29.2 Å². The summed E-state index contributed by atoms with van der Waals surface area (Å²) in [4.78, 5) is 2.47. The van der Waals surface area contributed by atoms with Crippen molar-refractivity contribution in [2.75, 3.05) is 31.2 Å². The van der Waals surface area contributed by atoms with Crippen LogP contribution in [0, 0.1) is 0 Å². The average Bonchev–Trinajstić information content (AvgIpc) is 2.29. The van der Waals surface area contributed by atoms with E-state index in [0.29, 0.717) is 6.54 Å². The van der Waals surface area contributed by atoms with E-state index in [9.17, 15) is 0 Å². The summed E-state index contributed by atoms with van der Waals surface area (Å²) in [5.74, 6) is 0. The third kappa shape index (κ3) is 1.35. The first-order valence-corrected chi connectivity index (χ1v) is 5.99. The molecule has 0 amide bonds. The minimum absolute atomic E-state index is 0.0660. The van der Waals surface area contributed by atoms with Crippen molar-refractivity contribution in [1.82, 2.24) is 0 Å². The summed E-state index contributed by atoms with van der Waals surface area (Å²) < 4.78 is 5.38. The lowest BCUT2D eigenvalue weighted by atomic mass is 9.90. The third-order valence-corrected chi connectivity index (χ3v) is 3.80. The smallest absolute Gasteiger partial charge is 0.0988 e. The number of fused-ring (bicyclic) bond motifs is 1. The molecule has 3 rings (SSSR count). The second kappa shape index (κ2) is 3.75. The Morgan fingerprint density at radius 3 is 2.81 bits per heavy atom. The molecule has 3 heteroatoms. The van der Waals surface area contributed by atoms with Crippen LogP contribution in [-0.4, -0.2) is 31.8 Å². The Hall–Kier alpha value is -1.06. The number of para-hydroxylation sites is 1.